The van der Waals surface area contributed by atoms with Crippen LogP contribution in [0.3, 0.4) is 0 Å². The van der Waals surface area contributed by atoms with E-state index in [4.69, 9.17) is 23.8 Å². The van der Waals surface area contributed by atoms with Gasteiger partial charge < -0.3 is 13.4 Å². The predicted octanol–water partition coefficient (Wildman–Crippen LogP) is 12.8. The highest BCUT2D eigenvalue weighted by molar-refractivity contribution is 6.20. The summed E-state index contributed by atoms with van der Waals surface area (Å²) in [6, 6.07) is 46.1. The van der Waals surface area contributed by atoms with Gasteiger partial charge in [0.05, 0.1) is 16.6 Å². The minimum absolute atomic E-state index is 0.0637. The molecule has 11 aromatic rings. The zero-order valence-electron chi connectivity index (χ0n) is 28.7. The van der Waals surface area contributed by atoms with Crippen LogP contribution in [0.25, 0.3) is 106 Å². The standard InChI is InChI=1S/C46H25F3N4O2/c47-46(48,49)34-23-33(45-51-43(26-13-3-1-4-14-26)50-44(52-45)27-15-5-2-6-16-27)40-30-19-9-12-22-38(30)55-42(40)41(34)53-35-20-10-7-17-28(35)31-25-39-32(24-36(31)53)29-18-8-11-21-37(29)54-39/h1-25H. The lowest BCUT2D eigenvalue weighted by Crippen LogP contribution is -2.12. The van der Waals surface area contributed by atoms with Crippen molar-refractivity contribution in [2.75, 3.05) is 0 Å². The van der Waals surface area contributed by atoms with Gasteiger partial charge in [-0.15, -0.1) is 0 Å². The predicted molar refractivity (Wildman–Crippen MR) is 210 cm³/mol. The molecule has 0 spiro atoms. The number of benzene rings is 7. The number of furan rings is 2. The molecule has 6 nitrogen and oxygen atoms in total. The SMILES string of the molecule is FC(F)(F)c1cc(-c2nc(-c3ccccc3)nc(-c3ccccc3)n2)c2c(oc3ccccc32)c1-n1c2ccccc2c2cc3oc4ccccc4c3cc21. The Kier molecular flexibility index (Phi) is 6.61. The third kappa shape index (κ3) is 4.79. The summed E-state index contributed by atoms with van der Waals surface area (Å²) in [5.41, 5.74) is 3.58. The molecule has 0 fully saturated rings. The van der Waals surface area contributed by atoms with E-state index in [1.807, 2.05) is 133 Å². The minimum atomic E-state index is -4.82. The Bertz CT molecular complexity index is 3250. The topological polar surface area (TPSA) is 69.9 Å². The first-order valence-electron chi connectivity index (χ1n) is 17.7. The summed E-state index contributed by atoms with van der Waals surface area (Å²) in [6.07, 6.45) is -4.82. The van der Waals surface area contributed by atoms with Crippen LogP contribution in [0.1, 0.15) is 5.56 Å². The van der Waals surface area contributed by atoms with E-state index in [9.17, 15) is 0 Å². The molecule has 55 heavy (non-hydrogen) atoms. The van der Waals surface area contributed by atoms with Crippen molar-refractivity contribution in [3.63, 3.8) is 0 Å². The van der Waals surface area contributed by atoms with Crippen LogP contribution in [0, 0.1) is 0 Å². The molecule has 11 rings (SSSR count). The van der Waals surface area contributed by atoms with Crippen molar-refractivity contribution in [3.05, 3.63) is 157 Å². The third-order valence-electron chi connectivity index (χ3n) is 10.3. The van der Waals surface area contributed by atoms with Crippen LogP contribution in [-0.4, -0.2) is 19.5 Å². The lowest BCUT2D eigenvalue weighted by atomic mass is 9.99. The van der Waals surface area contributed by atoms with E-state index < -0.39 is 11.7 Å². The van der Waals surface area contributed by atoms with Gasteiger partial charge in [-0.25, -0.2) is 15.0 Å². The zero-order valence-corrected chi connectivity index (χ0v) is 28.7. The average Bonchev–Trinajstić information content (AvgIpc) is 3.89. The molecule has 0 unspecified atom stereocenters. The molecule has 0 saturated heterocycles. The molecular formula is C46H25F3N4O2. The minimum Gasteiger partial charge on any atom is -0.456 e. The molecule has 0 N–H and O–H groups in total. The van der Waals surface area contributed by atoms with Crippen molar-refractivity contribution in [1.29, 1.82) is 0 Å². The molecule has 0 aliphatic carbocycles. The van der Waals surface area contributed by atoms with Crippen molar-refractivity contribution in [1.82, 2.24) is 19.5 Å². The van der Waals surface area contributed by atoms with Gasteiger partial charge in [0.2, 0.25) is 0 Å². The van der Waals surface area contributed by atoms with E-state index in [1.165, 1.54) is 6.07 Å². The van der Waals surface area contributed by atoms with E-state index in [0.29, 0.717) is 61.3 Å². The lowest BCUT2D eigenvalue weighted by Gasteiger charge is -2.18. The van der Waals surface area contributed by atoms with Crippen LogP contribution in [0.2, 0.25) is 0 Å². The number of hydrogen-bond acceptors (Lipinski definition) is 5. The summed E-state index contributed by atoms with van der Waals surface area (Å²) >= 11 is 0. The maximum absolute atomic E-state index is 15.9. The van der Waals surface area contributed by atoms with Gasteiger partial charge in [0.1, 0.15) is 22.4 Å². The first-order valence-corrected chi connectivity index (χ1v) is 17.7. The fourth-order valence-corrected chi connectivity index (χ4v) is 7.86. The summed E-state index contributed by atoms with van der Waals surface area (Å²) in [6.45, 7) is 0. The van der Waals surface area contributed by atoms with Gasteiger partial charge in [-0.1, -0.05) is 115 Å². The lowest BCUT2D eigenvalue weighted by molar-refractivity contribution is -0.137. The van der Waals surface area contributed by atoms with Crippen LogP contribution in [0.4, 0.5) is 13.2 Å². The van der Waals surface area contributed by atoms with Gasteiger partial charge in [-0.2, -0.15) is 13.2 Å². The Morgan fingerprint density at radius 3 is 1.69 bits per heavy atom. The van der Waals surface area contributed by atoms with E-state index in [-0.39, 0.29) is 22.7 Å². The number of para-hydroxylation sites is 3. The second kappa shape index (κ2) is 11.6. The van der Waals surface area contributed by atoms with Crippen molar-refractivity contribution < 1.29 is 22.0 Å². The van der Waals surface area contributed by atoms with E-state index in [1.54, 1.807) is 16.7 Å². The second-order valence-corrected chi connectivity index (χ2v) is 13.5. The molecule has 4 aromatic heterocycles. The van der Waals surface area contributed by atoms with Crippen LogP contribution < -0.4 is 0 Å². The van der Waals surface area contributed by atoms with Crippen LogP contribution in [0.5, 0.6) is 0 Å². The Morgan fingerprint density at radius 1 is 0.455 bits per heavy atom. The fourth-order valence-electron chi connectivity index (χ4n) is 7.86. The molecule has 0 radical (unpaired) electrons. The molecular weight excluding hydrogens is 698 g/mol. The molecule has 0 atom stereocenters. The highest BCUT2D eigenvalue weighted by atomic mass is 19.4. The number of nitrogens with zero attached hydrogens (tertiary/aromatic N) is 4. The van der Waals surface area contributed by atoms with Gasteiger partial charge in [0.25, 0.3) is 0 Å². The van der Waals surface area contributed by atoms with E-state index in [2.05, 4.69) is 0 Å². The van der Waals surface area contributed by atoms with Crippen molar-refractivity contribution in [2.24, 2.45) is 0 Å². The largest absolute Gasteiger partial charge is 0.456 e. The highest BCUT2D eigenvalue weighted by Gasteiger charge is 2.39. The summed E-state index contributed by atoms with van der Waals surface area (Å²) in [5.74, 6) is 0.763. The molecule has 7 aromatic carbocycles. The van der Waals surface area contributed by atoms with E-state index in [0.717, 1.165) is 21.5 Å². The number of rotatable bonds is 4. The smallest absolute Gasteiger partial charge is 0.418 e. The van der Waals surface area contributed by atoms with Gasteiger partial charge in [0.15, 0.2) is 23.1 Å². The van der Waals surface area contributed by atoms with Gasteiger partial charge in [-0.05, 0) is 36.4 Å². The first kappa shape index (κ1) is 31.3. The number of aromatic nitrogens is 4. The van der Waals surface area contributed by atoms with Crippen LogP contribution in [-0.2, 0) is 6.18 Å². The maximum Gasteiger partial charge on any atom is 0.418 e. The third-order valence-corrected chi connectivity index (χ3v) is 10.3. The van der Waals surface area contributed by atoms with Crippen LogP contribution in [0.15, 0.2) is 160 Å². The van der Waals surface area contributed by atoms with Crippen molar-refractivity contribution in [3.8, 4) is 39.9 Å². The summed E-state index contributed by atoms with van der Waals surface area (Å²) in [7, 11) is 0. The Morgan fingerprint density at radius 2 is 1.02 bits per heavy atom. The Labute approximate surface area is 309 Å². The van der Waals surface area contributed by atoms with Gasteiger partial charge in [-0.3, -0.25) is 0 Å². The first-order chi connectivity index (χ1) is 26.9. The molecule has 0 aliphatic rings. The summed E-state index contributed by atoms with van der Waals surface area (Å²) in [4.78, 5) is 14.5. The fraction of sp³-hybridized carbons (Fsp3) is 0.0217. The number of alkyl halides is 3. The quantitative estimate of drug-likeness (QED) is 0.181. The average molecular weight is 723 g/mol. The molecule has 9 heteroatoms. The number of hydrogen-bond donors (Lipinski definition) is 0. The van der Waals surface area contributed by atoms with Gasteiger partial charge in [0, 0.05) is 49.0 Å². The Hall–Kier alpha value is -7.26. The summed E-state index contributed by atoms with van der Waals surface area (Å²) < 4.78 is 62.2. The van der Waals surface area contributed by atoms with E-state index >= 15 is 13.2 Å². The zero-order chi connectivity index (χ0) is 36.8. The highest BCUT2D eigenvalue weighted by Crippen LogP contribution is 2.48. The summed E-state index contributed by atoms with van der Waals surface area (Å²) in [5, 5.41) is 4.29. The monoisotopic (exact) mass is 722 g/mol. The van der Waals surface area contributed by atoms with Crippen molar-refractivity contribution in [2.45, 2.75) is 6.18 Å². The van der Waals surface area contributed by atoms with Crippen LogP contribution >= 0.6 is 0 Å². The molecule has 0 saturated carbocycles. The molecule has 0 bridgehead atoms. The molecule has 0 aliphatic heterocycles. The number of fused-ring (bicyclic) bond motifs is 9. The molecule has 0 amide bonds. The molecule has 262 valence electrons. The van der Waals surface area contributed by atoms with Crippen molar-refractivity contribution >= 4 is 65.7 Å². The van der Waals surface area contributed by atoms with Gasteiger partial charge >= 0.3 is 6.18 Å². The molecule has 4 heterocycles. The Balaban J connectivity index is 1.30. The second-order valence-electron chi connectivity index (χ2n) is 13.5. The normalized spacial score (nSPS) is 12.3. The maximum atomic E-state index is 15.9. The number of halogens is 3.